The highest BCUT2D eigenvalue weighted by Crippen LogP contribution is 2.41. The second-order valence-electron chi connectivity index (χ2n) is 9.34. The number of rotatable bonds is 6. The van der Waals surface area contributed by atoms with Crippen LogP contribution in [0.5, 0.6) is 0 Å². The molecule has 1 heterocycles. The molecule has 1 aliphatic carbocycles. The zero-order chi connectivity index (χ0) is 25.2. The Kier molecular flexibility index (Phi) is 7.26. The van der Waals surface area contributed by atoms with Crippen LogP contribution in [0.2, 0.25) is 5.02 Å². The van der Waals surface area contributed by atoms with Crippen molar-refractivity contribution in [2.75, 3.05) is 10.6 Å². The number of amides is 2. The van der Waals surface area contributed by atoms with Gasteiger partial charge in [-0.1, -0.05) is 43.0 Å². The number of carbonyl (C=O) groups is 2. The topological polar surface area (TPSA) is 76.0 Å². The maximum absolute atomic E-state index is 14.0. The lowest BCUT2D eigenvalue weighted by molar-refractivity contribution is -0.123. The van der Waals surface area contributed by atoms with Crippen molar-refractivity contribution < 1.29 is 14.0 Å². The van der Waals surface area contributed by atoms with Crippen LogP contribution in [0.4, 0.5) is 15.8 Å². The zero-order valence-electron chi connectivity index (χ0n) is 20.2. The van der Waals surface area contributed by atoms with Crippen LogP contribution < -0.4 is 10.6 Å². The third-order valence-electron chi connectivity index (χ3n) is 6.79. The lowest BCUT2D eigenvalue weighted by Crippen LogP contribution is -2.42. The van der Waals surface area contributed by atoms with Crippen molar-refractivity contribution in [3.63, 3.8) is 0 Å². The van der Waals surface area contributed by atoms with Crippen molar-refractivity contribution in [1.29, 1.82) is 0 Å². The molecule has 0 bridgehead atoms. The van der Waals surface area contributed by atoms with Gasteiger partial charge in [0.25, 0.3) is 0 Å². The molecular formula is C27H30ClFN4O2. The molecule has 35 heavy (non-hydrogen) atoms. The molecule has 1 unspecified atom stereocenters. The average Bonchev–Trinajstić information content (AvgIpc) is 3.18. The van der Waals surface area contributed by atoms with Crippen LogP contribution in [0.3, 0.4) is 0 Å². The fourth-order valence-electron chi connectivity index (χ4n) is 4.92. The van der Waals surface area contributed by atoms with Gasteiger partial charge in [-0.2, -0.15) is 5.10 Å². The summed E-state index contributed by atoms with van der Waals surface area (Å²) in [7, 11) is 0. The minimum Gasteiger partial charge on any atom is -0.325 e. The summed E-state index contributed by atoms with van der Waals surface area (Å²) in [6.07, 6.45) is 4.19. The summed E-state index contributed by atoms with van der Waals surface area (Å²) in [5.41, 5.74) is 2.61. The van der Waals surface area contributed by atoms with E-state index < -0.39 is 11.5 Å². The molecule has 3 aromatic rings. The molecule has 2 amide bonds. The van der Waals surface area contributed by atoms with E-state index in [2.05, 4.69) is 15.7 Å². The molecule has 4 rings (SSSR count). The Morgan fingerprint density at radius 3 is 2.43 bits per heavy atom. The first-order valence-electron chi connectivity index (χ1n) is 11.9. The first-order chi connectivity index (χ1) is 16.7. The van der Waals surface area contributed by atoms with E-state index in [0.717, 1.165) is 30.7 Å². The van der Waals surface area contributed by atoms with E-state index in [-0.39, 0.29) is 17.6 Å². The van der Waals surface area contributed by atoms with Gasteiger partial charge in [0.2, 0.25) is 11.8 Å². The molecule has 2 aromatic carbocycles. The van der Waals surface area contributed by atoms with Gasteiger partial charge in [0.1, 0.15) is 11.9 Å². The van der Waals surface area contributed by atoms with Crippen molar-refractivity contribution >= 4 is 34.8 Å². The largest absolute Gasteiger partial charge is 0.325 e. The number of aromatic nitrogens is 2. The van der Waals surface area contributed by atoms with E-state index in [9.17, 15) is 14.0 Å². The van der Waals surface area contributed by atoms with Gasteiger partial charge in [-0.25, -0.2) is 4.39 Å². The molecule has 0 saturated heterocycles. The highest BCUT2D eigenvalue weighted by atomic mass is 35.5. The number of anilines is 2. The zero-order valence-corrected chi connectivity index (χ0v) is 21.0. The predicted octanol–water partition coefficient (Wildman–Crippen LogP) is 6.33. The molecule has 1 fully saturated rings. The quantitative estimate of drug-likeness (QED) is 0.418. The van der Waals surface area contributed by atoms with Gasteiger partial charge < -0.3 is 10.6 Å². The molecule has 1 aromatic heterocycles. The Balaban J connectivity index is 1.50. The Morgan fingerprint density at radius 2 is 1.80 bits per heavy atom. The molecule has 1 saturated carbocycles. The van der Waals surface area contributed by atoms with Crippen LogP contribution in [0, 0.1) is 19.7 Å². The van der Waals surface area contributed by atoms with Crippen molar-refractivity contribution in [2.45, 2.75) is 64.3 Å². The van der Waals surface area contributed by atoms with Crippen molar-refractivity contribution in [2.24, 2.45) is 0 Å². The van der Waals surface area contributed by atoms with E-state index in [1.54, 1.807) is 35.9 Å². The van der Waals surface area contributed by atoms with Gasteiger partial charge in [-0.05, 0) is 75.6 Å². The van der Waals surface area contributed by atoms with Crippen LogP contribution in [0.25, 0.3) is 0 Å². The molecular weight excluding hydrogens is 467 g/mol. The third kappa shape index (κ3) is 5.25. The normalized spacial score (nSPS) is 15.9. The molecule has 6 nitrogen and oxygen atoms in total. The summed E-state index contributed by atoms with van der Waals surface area (Å²) < 4.78 is 15.7. The maximum Gasteiger partial charge on any atom is 0.248 e. The van der Waals surface area contributed by atoms with Gasteiger partial charge in [-0.15, -0.1) is 0 Å². The van der Waals surface area contributed by atoms with Crippen LogP contribution in [-0.4, -0.2) is 21.6 Å². The lowest BCUT2D eigenvalue weighted by atomic mass is 9.68. The standard InChI is InChI=1S/C27H30ClFN4O2/c1-17-14-18(2)33(32-17)19(3)25(34)31-24-11-10-22(16-23(24)28)30-26(35)27(12-5-4-6-13-27)20-8-7-9-21(29)15-20/h7-11,14-16,19H,4-6,12-13H2,1-3H3,(H,30,35)(H,31,34). The van der Waals surface area contributed by atoms with E-state index in [1.807, 2.05) is 26.0 Å². The number of nitrogens with one attached hydrogen (secondary N) is 2. The Hall–Kier alpha value is -3.19. The predicted molar refractivity (Wildman–Crippen MR) is 136 cm³/mol. The van der Waals surface area contributed by atoms with Crippen LogP contribution in [0.15, 0.2) is 48.5 Å². The summed E-state index contributed by atoms with van der Waals surface area (Å²) in [6.45, 7) is 5.55. The molecule has 8 heteroatoms. The SMILES string of the molecule is Cc1cc(C)n(C(C)C(=O)Nc2ccc(NC(=O)C3(c4cccc(F)c4)CCCCC3)cc2Cl)n1. The fourth-order valence-corrected chi connectivity index (χ4v) is 5.15. The summed E-state index contributed by atoms with van der Waals surface area (Å²) >= 11 is 6.46. The molecule has 184 valence electrons. The minimum atomic E-state index is -0.783. The van der Waals surface area contributed by atoms with E-state index in [1.165, 1.54) is 12.1 Å². The van der Waals surface area contributed by atoms with Crippen LogP contribution >= 0.6 is 11.6 Å². The van der Waals surface area contributed by atoms with Crippen molar-refractivity contribution in [3.05, 3.63) is 76.3 Å². The summed E-state index contributed by atoms with van der Waals surface area (Å²) in [5, 5.41) is 10.5. The van der Waals surface area contributed by atoms with Gasteiger partial charge in [-0.3, -0.25) is 14.3 Å². The summed E-state index contributed by atoms with van der Waals surface area (Å²) in [5.74, 6) is -0.769. The third-order valence-corrected chi connectivity index (χ3v) is 7.11. The Morgan fingerprint density at radius 1 is 1.06 bits per heavy atom. The molecule has 0 aliphatic heterocycles. The van der Waals surface area contributed by atoms with Gasteiger partial charge in [0.15, 0.2) is 0 Å². The second kappa shape index (κ2) is 10.2. The Labute approximate surface area is 209 Å². The Bertz CT molecular complexity index is 1250. The summed E-state index contributed by atoms with van der Waals surface area (Å²) in [4.78, 5) is 26.3. The van der Waals surface area contributed by atoms with Crippen molar-refractivity contribution in [3.8, 4) is 0 Å². The van der Waals surface area contributed by atoms with E-state index in [4.69, 9.17) is 11.6 Å². The van der Waals surface area contributed by atoms with E-state index in [0.29, 0.717) is 34.8 Å². The number of hydrogen-bond acceptors (Lipinski definition) is 3. The van der Waals surface area contributed by atoms with E-state index >= 15 is 0 Å². The molecule has 2 N–H and O–H groups in total. The van der Waals surface area contributed by atoms with Gasteiger partial charge in [0, 0.05) is 11.4 Å². The second-order valence-corrected chi connectivity index (χ2v) is 9.75. The number of benzene rings is 2. The number of hydrogen-bond donors (Lipinski definition) is 2. The highest BCUT2D eigenvalue weighted by molar-refractivity contribution is 6.34. The van der Waals surface area contributed by atoms with Crippen LogP contribution in [-0.2, 0) is 15.0 Å². The number of aryl methyl sites for hydroxylation is 2. The average molecular weight is 497 g/mol. The minimum absolute atomic E-state index is 0.172. The number of nitrogens with zero attached hydrogens (tertiary/aromatic N) is 2. The first kappa shape index (κ1) is 24.9. The molecule has 1 aliphatic rings. The lowest BCUT2D eigenvalue weighted by Gasteiger charge is -2.36. The van der Waals surface area contributed by atoms with Crippen LogP contribution in [0.1, 0.15) is 62.0 Å². The van der Waals surface area contributed by atoms with Crippen molar-refractivity contribution in [1.82, 2.24) is 9.78 Å². The molecule has 0 spiro atoms. The smallest absolute Gasteiger partial charge is 0.248 e. The number of halogens is 2. The first-order valence-corrected chi connectivity index (χ1v) is 12.3. The molecule has 0 radical (unpaired) electrons. The maximum atomic E-state index is 14.0. The fraction of sp³-hybridized carbons (Fsp3) is 0.370. The number of carbonyl (C=O) groups excluding carboxylic acids is 2. The molecule has 1 atom stereocenters. The highest BCUT2D eigenvalue weighted by Gasteiger charge is 2.41. The summed E-state index contributed by atoms with van der Waals surface area (Å²) in [6, 6.07) is 12.7. The van der Waals surface area contributed by atoms with Gasteiger partial charge in [0.05, 0.1) is 21.8 Å². The monoisotopic (exact) mass is 496 g/mol. The van der Waals surface area contributed by atoms with Gasteiger partial charge >= 0.3 is 0 Å².